The molecule has 8 heteroatoms. The van der Waals surface area contributed by atoms with Crippen LogP contribution >= 0.6 is 15.9 Å². The number of nitrogens with zero attached hydrogens (tertiary/aromatic N) is 1. The van der Waals surface area contributed by atoms with Crippen molar-refractivity contribution in [3.63, 3.8) is 0 Å². The molecule has 0 aliphatic heterocycles. The summed E-state index contributed by atoms with van der Waals surface area (Å²) in [5, 5.41) is 13.1. The number of benzene rings is 3. The Morgan fingerprint density at radius 1 is 1.11 bits per heavy atom. The number of hydrogen-bond acceptors (Lipinski definition) is 6. The van der Waals surface area contributed by atoms with Gasteiger partial charge in [0.1, 0.15) is 11.5 Å². The third kappa shape index (κ3) is 4.17. The second kappa shape index (κ2) is 8.05. The van der Waals surface area contributed by atoms with Crippen LogP contribution < -0.4 is 14.2 Å². The van der Waals surface area contributed by atoms with Gasteiger partial charge in [0.05, 0.1) is 22.6 Å². The molecule has 0 fully saturated rings. The Bertz CT molecular complexity index is 1020. The highest BCUT2D eigenvalue weighted by Crippen LogP contribution is 2.33. The summed E-state index contributed by atoms with van der Waals surface area (Å²) in [5.74, 6) is -0.178. The van der Waals surface area contributed by atoms with Gasteiger partial charge in [-0.25, -0.2) is 4.79 Å². The minimum Gasteiger partial charge on any atom is -0.496 e. The number of carbonyl (C=O) groups excluding carboxylic acids is 1. The number of rotatable bonds is 6. The minimum atomic E-state index is -0.761. The number of halogens is 1. The first kappa shape index (κ1) is 18.7. The minimum absolute atomic E-state index is 0.174. The number of ether oxygens (including phenoxy) is 3. The Morgan fingerprint density at radius 3 is 2.59 bits per heavy atom. The summed E-state index contributed by atoms with van der Waals surface area (Å²) in [5.41, 5.74) is -0.366. The summed E-state index contributed by atoms with van der Waals surface area (Å²) in [6.07, 6.45) is 0. The molecule has 0 aromatic heterocycles. The first-order valence-corrected chi connectivity index (χ1v) is 8.62. The molecule has 0 N–H and O–H groups in total. The van der Waals surface area contributed by atoms with Gasteiger partial charge in [0.25, 0.3) is 0 Å². The van der Waals surface area contributed by atoms with E-state index in [0.29, 0.717) is 10.2 Å². The molecule has 0 atom stereocenters. The second-order valence-corrected chi connectivity index (χ2v) is 6.25. The van der Waals surface area contributed by atoms with E-state index >= 15 is 0 Å². The molecule has 3 aromatic rings. The van der Waals surface area contributed by atoms with Crippen LogP contribution in [0.25, 0.3) is 10.8 Å². The maximum atomic E-state index is 12.1. The highest BCUT2D eigenvalue weighted by Gasteiger charge is 2.20. The number of carbonyl (C=O) groups is 1. The fraction of sp³-hybridized carbons (Fsp3) is 0.105. The van der Waals surface area contributed by atoms with Gasteiger partial charge in [-0.3, -0.25) is 10.1 Å². The SMILES string of the molecule is COc1ccc(OC(=O)COc2ccc3ccccc3c2Br)c([N+](=O)[O-])c1. The van der Waals surface area contributed by atoms with Gasteiger partial charge >= 0.3 is 11.7 Å². The van der Waals surface area contributed by atoms with E-state index in [1.54, 1.807) is 6.07 Å². The molecule has 0 aliphatic rings. The molecule has 0 saturated heterocycles. The molecule has 0 amide bonds. The van der Waals surface area contributed by atoms with E-state index in [4.69, 9.17) is 14.2 Å². The van der Waals surface area contributed by atoms with Gasteiger partial charge in [0.2, 0.25) is 5.75 Å². The number of nitro benzene ring substituents is 1. The van der Waals surface area contributed by atoms with E-state index in [0.717, 1.165) is 10.8 Å². The van der Waals surface area contributed by atoms with E-state index in [-0.39, 0.29) is 17.2 Å². The molecule has 0 radical (unpaired) electrons. The summed E-state index contributed by atoms with van der Waals surface area (Å²) in [4.78, 5) is 22.6. The number of nitro groups is 1. The molecule has 27 heavy (non-hydrogen) atoms. The maximum Gasteiger partial charge on any atom is 0.349 e. The van der Waals surface area contributed by atoms with Crippen LogP contribution in [0.4, 0.5) is 5.69 Å². The van der Waals surface area contributed by atoms with Gasteiger partial charge < -0.3 is 14.2 Å². The number of methoxy groups -OCH3 is 1. The van der Waals surface area contributed by atoms with Crippen molar-refractivity contribution in [2.45, 2.75) is 0 Å². The van der Waals surface area contributed by atoms with Crippen LogP contribution in [-0.4, -0.2) is 24.6 Å². The molecular weight excluding hydrogens is 418 g/mol. The Hall–Kier alpha value is -3.13. The van der Waals surface area contributed by atoms with Crippen LogP contribution in [-0.2, 0) is 4.79 Å². The van der Waals surface area contributed by atoms with Gasteiger partial charge in [-0.05, 0) is 44.9 Å². The van der Waals surface area contributed by atoms with Crippen LogP contribution in [0.1, 0.15) is 0 Å². The van der Waals surface area contributed by atoms with Crippen LogP contribution in [0.2, 0.25) is 0 Å². The normalized spacial score (nSPS) is 10.4. The Kier molecular flexibility index (Phi) is 5.56. The van der Waals surface area contributed by atoms with E-state index in [1.165, 1.54) is 25.3 Å². The zero-order valence-electron chi connectivity index (χ0n) is 14.2. The summed E-state index contributed by atoms with van der Waals surface area (Å²) < 4.78 is 16.2. The zero-order chi connectivity index (χ0) is 19.4. The molecule has 0 spiro atoms. The fourth-order valence-electron chi connectivity index (χ4n) is 2.47. The summed E-state index contributed by atoms with van der Waals surface area (Å²) in [6, 6.07) is 15.3. The summed E-state index contributed by atoms with van der Waals surface area (Å²) >= 11 is 3.47. The van der Waals surface area contributed by atoms with Gasteiger partial charge in [-0.15, -0.1) is 0 Å². The van der Waals surface area contributed by atoms with Crippen molar-refractivity contribution < 1.29 is 23.9 Å². The van der Waals surface area contributed by atoms with Gasteiger partial charge in [-0.1, -0.05) is 30.3 Å². The third-order valence-electron chi connectivity index (χ3n) is 3.76. The van der Waals surface area contributed by atoms with Crippen molar-refractivity contribution in [2.75, 3.05) is 13.7 Å². The van der Waals surface area contributed by atoms with Crippen molar-refractivity contribution in [1.29, 1.82) is 0 Å². The molecule has 138 valence electrons. The molecule has 0 aliphatic carbocycles. The van der Waals surface area contributed by atoms with Crippen LogP contribution in [0.3, 0.4) is 0 Å². The van der Waals surface area contributed by atoms with Crippen LogP contribution in [0.15, 0.2) is 59.1 Å². The molecule has 7 nitrogen and oxygen atoms in total. The lowest BCUT2D eigenvalue weighted by atomic mass is 10.1. The lowest BCUT2D eigenvalue weighted by molar-refractivity contribution is -0.385. The smallest absolute Gasteiger partial charge is 0.349 e. The molecular formula is C19H14BrNO6. The second-order valence-electron chi connectivity index (χ2n) is 5.45. The first-order valence-electron chi connectivity index (χ1n) is 7.82. The highest BCUT2D eigenvalue weighted by atomic mass is 79.9. The zero-order valence-corrected chi connectivity index (χ0v) is 15.8. The number of esters is 1. The average molecular weight is 432 g/mol. The van der Waals surface area contributed by atoms with Crippen molar-refractivity contribution in [3.8, 4) is 17.2 Å². The molecule has 0 unspecified atom stereocenters. The Labute approximate surface area is 162 Å². The molecule has 0 heterocycles. The molecule has 3 aromatic carbocycles. The lowest BCUT2D eigenvalue weighted by Crippen LogP contribution is -2.18. The van der Waals surface area contributed by atoms with E-state index in [2.05, 4.69) is 15.9 Å². The first-order chi connectivity index (χ1) is 13.0. The Balaban J connectivity index is 1.72. The van der Waals surface area contributed by atoms with E-state index in [9.17, 15) is 14.9 Å². The summed E-state index contributed by atoms with van der Waals surface area (Å²) in [7, 11) is 1.39. The molecule has 3 rings (SSSR count). The van der Waals surface area contributed by atoms with Gasteiger partial charge in [0.15, 0.2) is 6.61 Å². The van der Waals surface area contributed by atoms with Gasteiger partial charge in [0, 0.05) is 0 Å². The van der Waals surface area contributed by atoms with Crippen LogP contribution in [0, 0.1) is 10.1 Å². The van der Waals surface area contributed by atoms with Crippen molar-refractivity contribution in [1.82, 2.24) is 0 Å². The van der Waals surface area contributed by atoms with Gasteiger partial charge in [-0.2, -0.15) is 0 Å². The van der Waals surface area contributed by atoms with Crippen LogP contribution in [0.5, 0.6) is 17.2 Å². The average Bonchev–Trinajstić information content (AvgIpc) is 2.68. The van der Waals surface area contributed by atoms with E-state index in [1.807, 2.05) is 30.3 Å². The van der Waals surface area contributed by atoms with Crippen molar-refractivity contribution in [2.24, 2.45) is 0 Å². The lowest BCUT2D eigenvalue weighted by Gasteiger charge is -2.10. The number of fused-ring (bicyclic) bond motifs is 1. The third-order valence-corrected chi connectivity index (χ3v) is 4.58. The number of hydrogen-bond donors (Lipinski definition) is 0. The largest absolute Gasteiger partial charge is 0.496 e. The maximum absolute atomic E-state index is 12.1. The van der Waals surface area contributed by atoms with Crippen molar-refractivity contribution >= 4 is 38.4 Å². The summed E-state index contributed by atoms with van der Waals surface area (Å²) in [6.45, 7) is -0.403. The fourth-order valence-corrected chi connectivity index (χ4v) is 3.07. The monoisotopic (exact) mass is 431 g/mol. The predicted octanol–water partition coefficient (Wildman–Crippen LogP) is 4.50. The quantitative estimate of drug-likeness (QED) is 0.247. The topological polar surface area (TPSA) is 87.9 Å². The predicted molar refractivity (Wildman–Crippen MR) is 102 cm³/mol. The molecule has 0 bridgehead atoms. The van der Waals surface area contributed by atoms with Crippen molar-refractivity contribution in [3.05, 3.63) is 69.2 Å². The Morgan fingerprint density at radius 2 is 1.85 bits per heavy atom. The molecule has 0 saturated carbocycles. The van der Waals surface area contributed by atoms with E-state index < -0.39 is 17.5 Å². The highest BCUT2D eigenvalue weighted by molar-refractivity contribution is 9.10. The standard InChI is InChI=1S/C19H14BrNO6/c1-25-13-7-9-16(15(10-13)21(23)24)27-18(22)11-26-17-8-6-12-4-2-3-5-14(12)19(17)20/h2-10H,11H2,1H3.